The molecule has 0 aromatic carbocycles. The van der Waals surface area contributed by atoms with E-state index in [-0.39, 0.29) is 17.0 Å². The normalized spacial score (nSPS) is 9.25. The van der Waals surface area contributed by atoms with Crippen LogP contribution in [0.1, 0.15) is 5.82 Å². The van der Waals surface area contributed by atoms with E-state index in [1.165, 1.54) is 11.5 Å². The van der Waals surface area contributed by atoms with Gasteiger partial charge in [-0.15, -0.1) is 6.42 Å². The number of terminal acetylenes is 1. The smallest absolute Gasteiger partial charge is 0.208 e. The molecule has 0 unspecified atom stereocenters. The Balaban J connectivity index is 0.00000128. The van der Waals surface area contributed by atoms with E-state index in [4.69, 9.17) is 6.42 Å². The molecule has 0 fully saturated rings. The second kappa shape index (κ2) is 5.73. The summed E-state index contributed by atoms with van der Waals surface area (Å²) >= 11 is 1.40. The Kier molecular flexibility index (Phi) is 4.59. The van der Waals surface area contributed by atoms with Crippen LogP contribution in [0.5, 0.6) is 0 Å². The van der Waals surface area contributed by atoms with Gasteiger partial charge in [-0.2, -0.15) is 8.94 Å². The summed E-state index contributed by atoms with van der Waals surface area (Å²) in [6.45, 7) is 2.46. The Morgan fingerprint density at radius 2 is 2.38 bits per heavy atom. The molecule has 0 saturated carbocycles. The van der Waals surface area contributed by atoms with Gasteiger partial charge in [0.1, 0.15) is 10.8 Å². The maximum Gasteiger partial charge on any atom is 0.208 e. The van der Waals surface area contributed by atoms with E-state index in [9.17, 15) is 0 Å². The van der Waals surface area contributed by atoms with Crippen molar-refractivity contribution in [1.29, 1.82) is 0 Å². The Morgan fingerprint density at radius 3 is 3.00 bits per heavy atom. The van der Waals surface area contributed by atoms with Crippen molar-refractivity contribution in [3.05, 3.63) is 30.4 Å². The maximum absolute atomic E-state index is 5.26. The van der Waals surface area contributed by atoms with Crippen molar-refractivity contribution in [1.82, 2.24) is 9.36 Å². The summed E-state index contributed by atoms with van der Waals surface area (Å²) in [4.78, 5) is 4.32. The molecule has 0 atom stereocenters. The van der Waals surface area contributed by atoms with E-state index in [1.54, 1.807) is 0 Å². The third-order valence-corrected chi connectivity index (χ3v) is 2.76. The first-order valence-electron chi connectivity index (χ1n) is 4.53. The molecule has 0 N–H and O–H groups in total. The Morgan fingerprint density at radius 1 is 1.56 bits per heavy atom. The zero-order valence-electron chi connectivity index (χ0n) is 8.72. The topological polar surface area (TPSA) is 29.7 Å². The molecule has 82 valence electrons. The van der Waals surface area contributed by atoms with Crippen LogP contribution in [0.25, 0.3) is 10.6 Å². The fraction of sp³-hybridized carbons (Fsp3) is 0.182. The Labute approximate surface area is 109 Å². The molecule has 0 bridgehead atoms. The molecule has 0 spiro atoms. The number of aromatic nitrogens is 3. The molecule has 0 aliphatic heterocycles. The largest absolute Gasteiger partial charge is 1.00 e. The highest BCUT2D eigenvalue weighted by Crippen LogP contribution is 2.18. The van der Waals surface area contributed by atoms with Crippen molar-refractivity contribution in [2.45, 2.75) is 13.5 Å². The van der Waals surface area contributed by atoms with Gasteiger partial charge in [-0.05, 0) is 30.4 Å². The summed E-state index contributed by atoms with van der Waals surface area (Å²) in [7, 11) is 0. The Bertz CT molecular complexity index is 516. The Hall–Kier alpha value is -1.25. The molecule has 0 amide bonds. The fourth-order valence-corrected chi connectivity index (χ4v) is 1.93. The van der Waals surface area contributed by atoms with Gasteiger partial charge in [0.05, 0.1) is 5.56 Å². The molecule has 0 saturated heterocycles. The minimum absolute atomic E-state index is 0. The summed E-state index contributed by atoms with van der Waals surface area (Å²) in [5, 5.41) is 0.930. The predicted octanol–water partition coefficient (Wildman–Crippen LogP) is -1.56. The highest BCUT2D eigenvalue weighted by Gasteiger charge is 2.07. The highest BCUT2D eigenvalue weighted by molar-refractivity contribution is 7.09. The van der Waals surface area contributed by atoms with Crippen LogP contribution < -0.4 is 21.5 Å². The number of aryl methyl sites for hydroxylation is 1. The number of halogens is 1. The monoisotopic (exact) mass is 295 g/mol. The van der Waals surface area contributed by atoms with Gasteiger partial charge in [-0.25, -0.2) is 4.98 Å². The molecule has 0 radical (unpaired) electrons. The predicted molar refractivity (Wildman–Crippen MR) is 59.1 cm³/mol. The van der Waals surface area contributed by atoms with Crippen molar-refractivity contribution >= 4 is 11.5 Å². The minimum atomic E-state index is 0. The first-order chi connectivity index (χ1) is 7.29. The third kappa shape index (κ3) is 2.87. The summed E-state index contributed by atoms with van der Waals surface area (Å²) in [6.07, 6.45) is 9.18. The van der Waals surface area contributed by atoms with Crippen LogP contribution in [0.15, 0.2) is 24.5 Å². The van der Waals surface area contributed by atoms with E-state index in [1.807, 2.05) is 36.0 Å². The van der Waals surface area contributed by atoms with Crippen LogP contribution in [-0.4, -0.2) is 9.36 Å². The van der Waals surface area contributed by atoms with Gasteiger partial charge in [-0.1, -0.05) is 0 Å². The van der Waals surface area contributed by atoms with Crippen LogP contribution in [0.4, 0.5) is 0 Å². The molecular formula is C11H10BrN3S. The van der Waals surface area contributed by atoms with Crippen molar-refractivity contribution in [3.63, 3.8) is 0 Å². The lowest BCUT2D eigenvalue weighted by Crippen LogP contribution is -3.00. The van der Waals surface area contributed by atoms with Gasteiger partial charge in [0.2, 0.25) is 6.54 Å². The SMILES string of the molecule is C#CC[n+]1cccc(-c2nc(C)ns2)c1.[Br-]. The van der Waals surface area contributed by atoms with Crippen LogP contribution in [0, 0.1) is 19.3 Å². The van der Waals surface area contributed by atoms with Gasteiger partial charge in [0.25, 0.3) is 0 Å². The van der Waals surface area contributed by atoms with E-state index in [0.717, 1.165) is 16.4 Å². The lowest BCUT2D eigenvalue weighted by molar-refractivity contribution is -0.684. The van der Waals surface area contributed by atoms with Crippen LogP contribution in [-0.2, 0) is 6.54 Å². The number of rotatable bonds is 2. The average molecular weight is 296 g/mol. The fourth-order valence-electron chi connectivity index (χ4n) is 1.27. The van der Waals surface area contributed by atoms with Crippen molar-refractivity contribution < 1.29 is 21.5 Å². The lowest BCUT2D eigenvalue weighted by atomic mass is 10.3. The second-order valence-electron chi connectivity index (χ2n) is 3.12. The molecule has 0 aliphatic rings. The third-order valence-electron chi connectivity index (χ3n) is 1.91. The van der Waals surface area contributed by atoms with E-state index in [0.29, 0.717) is 6.54 Å². The van der Waals surface area contributed by atoms with E-state index in [2.05, 4.69) is 15.3 Å². The summed E-state index contributed by atoms with van der Waals surface area (Å²) in [6, 6.07) is 3.97. The number of pyridine rings is 1. The quantitative estimate of drug-likeness (QED) is 0.495. The van der Waals surface area contributed by atoms with Crippen LogP contribution in [0.2, 0.25) is 0 Å². The first kappa shape index (κ1) is 12.8. The molecular weight excluding hydrogens is 286 g/mol. The molecule has 5 heteroatoms. The maximum atomic E-state index is 5.26. The molecule has 2 heterocycles. The van der Waals surface area contributed by atoms with Crippen molar-refractivity contribution in [3.8, 4) is 22.9 Å². The highest BCUT2D eigenvalue weighted by atomic mass is 79.9. The van der Waals surface area contributed by atoms with Gasteiger partial charge in [-0.3, -0.25) is 0 Å². The average Bonchev–Trinajstić information content (AvgIpc) is 2.66. The summed E-state index contributed by atoms with van der Waals surface area (Å²) in [5.41, 5.74) is 1.05. The van der Waals surface area contributed by atoms with Crippen LogP contribution in [0.3, 0.4) is 0 Å². The second-order valence-corrected chi connectivity index (χ2v) is 3.87. The van der Waals surface area contributed by atoms with E-state index >= 15 is 0 Å². The molecule has 0 aliphatic carbocycles. The van der Waals surface area contributed by atoms with Crippen molar-refractivity contribution in [2.24, 2.45) is 0 Å². The lowest BCUT2D eigenvalue weighted by Gasteiger charge is -1.93. The molecule has 2 aromatic heterocycles. The zero-order valence-corrected chi connectivity index (χ0v) is 11.1. The van der Waals surface area contributed by atoms with Gasteiger partial charge < -0.3 is 17.0 Å². The number of hydrogen-bond donors (Lipinski definition) is 0. The first-order valence-corrected chi connectivity index (χ1v) is 5.30. The number of hydrogen-bond acceptors (Lipinski definition) is 3. The van der Waals surface area contributed by atoms with E-state index < -0.39 is 0 Å². The van der Waals surface area contributed by atoms with Gasteiger partial charge in [0, 0.05) is 6.07 Å². The van der Waals surface area contributed by atoms with Gasteiger partial charge in [0.15, 0.2) is 12.4 Å². The van der Waals surface area contributed by atoms with Gasteiger partial charge >= 0.3 is 0 Å². The molecule has 3 nitrogen and oxygen atoms in total. The summed E-state index contributed by atoms with van der Waals surface area (Å²) < 4.78 is 6.10. The minimum Gasteiger partial charge on any atom is -1.00 e. The zero-order chi connectivity index (χ0) is 10.7. The van der Waals surface area contributed by atoms with Crippen LogP contribution >= 0.6 is 11.5 Å². The molecule has 2 rings (SSSR count). The molecule has 16 heavy (non-hydrogen) atoms. The summed E-state index contributed by atoms with van der Waals surface area (Å²) in [5.74, 6) is 3.41. The standard InChI is InChI=1S/C11H10N3S.BrH/c1-3-6-14-7-4-5-10(8-14)11-12-9(2)13-15-11;/h1,4-5,7-8H,6H2,2H3;1H/q+1;/p-1. The molecule has 2 aromatic rings. The van der Waals surface area contributed by atoms with Crippen molar-refractivity contribution in [2.75, 3.05) is 0 Å². The number of nitrogens with zero attached hydrogens (tertiary/aromatic N) is 3.